The van der Waals surface area contributed by atoms with Crippen molar-refractivity contribution in [1.29, 1.82) is 5.26 Å². The van der Waals surface area contributed by atoms with Crippen LogP contribution in [-0.2, 0) is 4.79 Å². The smallest absolute Gasteiger partial charge is 0.243 e. The van der Waals surface area contributed by atoms with Crippen molar-refractivity contribution in [3.63, 3.8) is 0 Å². The second kappa shape index (κ2) is 4.65. The monoisotopic (exact) mass is 208 g/mol. The van der Waals surface area contributed by atoms with Crippen molar-refractivity contribution in [2.24, 2.45) is 11.3 Å². The van der Waals surface area contributed by atoms with E-state index in [1.165, 1.54) is 0 Å². The molecule has 0 bridgehead atoms. The molecule has 0 aromatic rings. The fraction of sp³-hybridized carbons (Fsp3) is 0.833. The molecule has 1 unspecified atom stereocenters. The molecule has 0 saturated carbocycles. The lowest BCUT2D eigenvalue weighted by molar-refractivity contribution is -0.138. The zero-order chi connectivity index (χ0) is 11.5. The van der Waals surface area contributed by atoms with E-state index in [0.717, 1.165) is 19.5 Å². The first-order valence-corrected chi connectivity index (χ1v) is 5.80. The molecule has 0 spiro atoms. The van der Waals surface area contributed by atoms with E-state index in [9.17, 15) is 10.1 Å². The third-order valence-electron chi connectivity index (χ3n) is 3.54. The topological polar surface area (TPSA) is 44.1 Å². The van der Waals surface area contributed by atoms with Gasteiger partial charge < -0.3 is 4.90 Å². The van der Waals surface area contributed by atoms with Gasteiger partial charge in [0, 0.05) is 13.1 Å². The van der Waals surface area contributed by atoms with E-state index in [4.69, 9.17) is 0 Å². The summed E-state index contributed by atoms with van der Waals surface area (Å²) in [5.74, 6) is 0.624. The van der Waals surface area contributed by atoms with Crippen LogP contribution >= 0.6 is 0 Å². The highest BCUT2D eigenvalue weighted by Crippen LogP contribution is 2.30. The van der Waals surface area contributed by atoms with Crippen LogP contribution in [0.1, 0.15) is 40.0 Å². The lowest BCUT2D eigenvalue weighted by Crippen LogP contribution is -2.41. The second-order valence-corrected chi connectivity index (χ2v) is 4.55. The number of hydrogen-bond acceptors (Lipinski definition) is 2. The summed E-state index contributed by atoms with van der Waals surface area (Å²) >= 11 is 0. The molecule has 1 rings (SSSR count). The molecule has 1 aliphatic heterocycles. The summed E-state index contributed by atoms with van der Waals surface area (Å²) in [6.07, 6.45) is 2.30. The van der Waals surface area contributed by atoms with Gasteiger partial charge in [-0.15, -0.1) is 0 Å². The van der Waals surface area contributed by atoms with E-state index in [0.29, 0.717) is 18.8 Å². The Morgan fingerprint density at radius 1 is 1.53 bits per heavy atom. The van der Waals surface area contributed by atoms with E-state index in [1.807, 2.05) is 18.7 Å². The van der Waals surface area contributed by atoms with Gasteiger partial charge in [0.1, 0.15) is 5.41 Å². The van der Waals surface area contributed by atoms with Crippen molar-refractivity contribution >= 4 is 5.91 Å². The molecule has 0 radical (unpaired) electrons. The maximum atomic E-state index is 12.2. The molecule has 1 atom stereocenters. The summed E-state index contributed by atoms with van der Waals surface area (Å²) in [5.41, 5.74) is -0.774. The number of likely N-dealkylation sites (tertiary alicyclic amines) is 1. The zero-order valence-electron chi connectivity index (χ0n) is 9.92. The number of carbonyl (C=O) groups excluding carboxylic acids is 1. The van der Waals surface area contributed by atoms with Crippen molar-refractivity contribution < 1.29 is 4.79 Å². The van der Waals surface area contributed by atoms with E-state index in [-0.39, 0.29) is 5.91 Å². The van der Waals surface area contributed by atoms with E-state index in [2.05, 4.69) is 13.0 Å². The minimum Gasteiger partial charge on any atom is -0.341 e. The number of hydrogen-bond donors (Lipinski definition) is 0. The SMILES string of the molecule is CCC(C#N)(CC)C(=O)N1CCC(C)C1. The lowest BCUT2D eigenvalue weighted by atomic mass is 9.82. The van der Waals surface area contributed by atoms with Crippen LogP contribution in [0.15, 0.2) is 0 Å². The molecule has 1 aliphatic rings. The van der Waals surface area contributed by atoms with Crippen LogP contribution in [0.4, 0.5) is 0 Å². The number of carbonyl (C=O) groups is 1. The van der Waals surface area contributed by atoms with Gasteiger partial charge in [-0.05, 0) is 25.2 Å². The Bertz CT molecular complexity index is 276. The van der Waals surface area contributed by atoms with Gasteiger partial charge in [-0.1, -0.05) is 20.8 Å². The van der Waals surface area contributed by atoms with Gasteiger partial charge in [0.05, 0.1) is 6.07 Å². The maximum Gasteiger partial charge on any atom is 0.243 e. The fourth-order valence-corrected chi connectivity index (χ4v) is 2.18. The minimum atomic E-state index is -0.774. The highest BCUT2D eigenvalue weighted by Gasteiger charge is 2.40. The van der Waals surface area contributed by atoms with Gasteiger partial charge in [-0.2, -0.15) is 5.26 Å². The van der Waals surface area contributed by atoms with Crippen LogP contribution in [0, 0.1) is 22.7 Å². The van der Waals surface area contributed by atoms with Crippen molar-refractivity contribution in [1.82, 2.24) is 4.90 Å². The zero-order valence-corrected chi connectivity index (χ0v) is 9.92. The Morgan fingerprint density at radius 3 is 2.47 bits per heavy atom. The number of nitrogens with zero attached hydrogens (tertiary/aromatic N) is 2. The highest BCUT2D eigenvalue weighted by atomic mass is 16.2. The van der Waals surface area contributed by atoms with Gasteiger partial charge >= 0.3 is 0 Å². The van der Waals surface area contributed by atoms with Crippen molar-refractivity contribution in [3.8, 4) is 6.07 Å². The molecule has 1 heterocycles. The molecule has 3 heteroatoms. The first-order valence-electron chi connectivity index (χ1n) is 5.80. The molecule has 0 aromatic carbocycles. The predicted molar refractivity (Wildman–Crippen MR) is 59.0 cm³/mol. The molecule has 0 aliphatic carbocycles. The first kappa shape index (κ1) is 12.0. The summed E-state index contributed by atoms with van der Waals surface area (Å²) in [6.45, 7) is 7.64. The molecular weight excluding hydrogens is 188 g/mol. The van der Waals surface area contributed by atoms with Crippen LogP contribution in [0.5, 0.6) is 0 Å². The van der Waals surface area contributed by atoms with Crippen LogP contribution in [-0.4, -0.2) is 23.9 Å². The summed E-state index contributed by atoms with van der Waals surface area (Å²) in [4.78, 5) is 14.1. The van der Waals surface area contributed by atoms with Gasteiger partial charge in [-0.3, -0.25) is 4.79 Å². The molecule has 1 amide bonds. The summed E-state index contributed by atoms with van der Waals surface area (Å²) in [5, 5.41) is 9.18. The number of amides is 1. The van der Waals surface area contributed by atoms with Gasteiger partial charge in [0.15, 0.2) is 0 Å². The average Bonchev–Trinajstić information content (AvgIpc) is 2.68. The minimum absolute atomic E-state index is 0.0411. The van der Waals surface area contributed by atoms with Crippen LogP contribution < -0.4 is 0 Å². The maximum absolute atomic E-state index is 12.2. The standard InChI is InChI=1S/C12H20N2O/c1-4-12(5-2,9-13)11(15)14-7-6-10(3)8-14/h10H,4-8H2,1-3H3. The molecule has 0 aromatic heterocycles. The number of rotatable bonds is 3. The average molecular weight is 208 g/mol. The van der Waals surface area contributed by atoms with Crippen molar-refractivity contribution in [2.75, 3.05) is 13.1 Å². The molecule has 0 N–H and O–H groups in total. The Balaban J connectivity index is 2.78. The van der Waals surface area contributed by atoms with Gasteiger partial charge in [0.2, 0.25) is 5.91 Å². The fourth-order valence-electron chi connectivity index (χ4n) is 2.18. The quantitative estimate of drug-likeness (QED) is 0.713. The predicted octanol–water partition coefficient (Wildman–Crippen LogP) is 2.18. The Kier molecular flexibility index (Phi) is 3.73. The van der Waals surface area contributed by atoms with Crippen molar-refractivity contribution in [3.05, 3.63) is 0 Å². The first-order chi connectivity index (χ1) is 7.09. The molecule has 3 nitrogen and oxygen atoms in total. The summed E-state index contributed by atoms with van der Waals surface area (Å²) < 4.78 is 0. The van der Waals surface area contributed by atoms with Crippen LogP contribution in [0.3, 0.4) is 0 Å². The Labute approximate surface area is 92.1 Å². The third-order valence-corrected chi connectivity index (χ3v) is 3.54. The highest BCUT2D eigenvalue weighted by molar-refractivity contribution is 5.85. The van der Waals surface area contributed by atoms with Gasteiger partial charge in [0.25, 0.3) is 0 Å². The number of nitriles is 1. The van der Waals surface area contributed by atoms with E-state index in [1.54, 1.807) is 0 Å². The summed E-state index contributed by atoms with van der Waals surface area (Å²) in [7, 11) is 0. The largest absolute Gasteiger partial charge is 0.341 e. The normalized spacial score (nSPS) is 21.5. The molecule has 84 valence electrons. The third kappa shape index (κ3) is 2.14. The molecule has 1 saturated heterocycles. The molecule has 1 fully saturated rings. The van der Waals surface area contributed by atoms with E-state index < -0.39 is 5.41 Å². The Morgan fingerprint density at radius 2 is 2.13 bits per heavy atom. The lowest BCUT2D eigenvalue weighted by Gasteiger charge is -2.28. The summed E-state index contributed by atoms with van der Waals surface area (Å²) in [6, 6.07) is 2.22. The van der Waals surface area contributed by atoms with Gasteiger partial charge in [-0.25, -0.2) is 0 Å². The second-order valence-electron chi connectivity index (χ2n) is 4.55. The van der Waals surface area contributed by atoms with Crippen LogP contribution in [0.2, 0.25) is 0 Å². The van der Waals surface area contributed by atoms with Crippen molar-refractivity contribution in [2.45, 2.75) is 40.0 Å². The molecule has 15 heavy (non-hydrogen) atoms. The van der Waals surface area contributed by atoms with Crippen LogP contribution in [0.25, 0.3) is 0 Å². The van der Waals surface area contributed by atoms with E-state index >= 15 is 0 Å². The molecular formula is C12H20N2O. The Hall–Kier alpha value is -1.04.